The third-order valence-electron chi connectivity index (χ3n) is 9.32. The molecule has 0 bridgehead atoms. The summed E-state index contributed by atoms with van der Waals surface area (Å²) in [6.07, 6.45) is 8.96. The largest absolute Gasteiger partial charge is 0.396 e. The van der Waals surface area contributed by atoms with E-state index in [9.17, 15) is 14.6 Å². The Balaban J connectivity index is 0.000000222. The Kier molecular flexibility index (Phi) is 8.22. The van der Waals surface area contributed by atoms with Crippen LogP contribution < -0.4 is 5.32 Å². The van der Waals surface area contributed by atoms with Crippen molar-refractivity contribution >= 4 is 0 Å². The fourth-order valence-corrected chi connectivity index (χ4v) is 6.74. The van der Waals surface area contributed by atoms with Gasteiger partial charge in [-0.15, -0.1) is 0 Å². The molecule has 0 heterocycles. The number of halogens is 1. The SMILES string of the molecule is C=C1CCC2CC(C3(C)CCC(O)CC3CO)CCC12C.CNCc1ccc(C)cc1F. The van der Waals surface area contributed by atoms with Crippen molar-refractivity contribution in [3.05, 3.63) is 47.3 Å². The van der Waals surface area contributed by atoms with E-state index in [1.165, 1.54) is 37.7 Å². The van der Waals surface area contributed by atoms with Crippen LogP contribution in [-0.4, -0.2) is 30.0 Å². The number of hydrogen-bond acceptors (Lipinski definition) is 3. The number of nitrogens with one attached hydrogen (secondary N) is 1. The standard InChI is InChI=1S/C19H32O2.C9H12FN/c1-13-4-5-14-10-15(6-8-18(13,14)2)19(3)9-7-17(21)11-16(19)12-20;1-7-3-4-8(6-11-2)9(10)5-7/h14-17,20-21H,1,4-12H2,2-3H3;3-5,11H,6H2,1-2H3. The minimum Gasteiger partial charge on any atom is -0.396 e. The van der Waals surface area contributed by atoms with E-state index >= 15 is 0 Å². The average Bonchev–Trinajstić information content (AvgIpc) is 3.06. The van der Waals surface area contributed by atoms with Gasteiger partial charge in [-0.25, -0.2) is 4.39 Å². The summed E-state index contributed by atoms with van der Waals surface area (Å²) in [6, 6.07) is 5.27. The minimum atomic E-state index is -0.199. The molecule has 0 radical (unpaired) electrons. The number of allylic oxidation sites excluding steroid dienone is 1. The van der Waals surface area contributed by atoms with Gasteiger partial charge in [0.05, 0.1) is 6.10 Å². The molecule has 6 unspecified atom stereocenters. The van der Waals surface area contributed by atoms with Crippen molar-refractivity contribution in [1.82, 2.24) is 5.32 Å². The first-order valence-corrected chi connectivity index (χ1v) is 12.5. The number of rotatable bonds is 4. The predicted octanol–water partition coefficient (Wildman–Crippen LogP) is 5.77. The van der Waals surface area contributed by atoms with Crippen LogP contribution in [0.2, 0.25) is 0 Å². The molecule has 0 spiro atoms. The molecule has 0 aliphatic heterocycles. The van der Waals surface area contributed by atoms with Crippen molar-refractivity contribution in [2.75, 3.05) is 13.7 Å². The van der Waals surface area contributed by atoms with Gasteiger partial charge in [0.1, 0.15) is 5.82 Å². The van der Waals surface area contributed by atoms with Gasteiger partial charge in [0.25, 0.3) is 0 Å². The molecule has 3 aliphatic carbocycles. The summed E-state index contributed by atoms with van der Waals surface area (Å²) in [5, 5.41) is 22.7. The fraction of sp³-hybridized carbons (Fsp3) is 0.714. The first-order chi connectivity index (χ1) is 15.1. The summed E-state index contributed by atoms with van der Waals surface area (Å²) in [6.45, 7) is 11.9. The van der Waals surface area contributed by atoms with Gasteiger partial charge >= 0.3 is 0 Å². The van der Waals surface area contributed by atoms with E-state index in [2.05, 4.69) is 25.7 Å². The molecule has 1 aromatic rings. The number of benzene rings is 1. The number of fused-ring (bicyclic) bond motifs is 1. The molecular weight excluding hydrogens is 401 g/mol. The molecule has 3 N–H and O–H groups in total. The lowest BCUT2D eigenvalue weighted by atomic mass is 9.53. The number of hydrogen-bond donors (Lipinski definition) is 3. The molecule has 3 saturated carbocycles. The molecular formula is C28H44FNO2. The summed E-state index contributed by atoms with van der Waals surface area (Å²) >= 11 is 0. The summed E-state index contributed by atoms with van der Waals surface area (Å²) in [7, 11) is 1.80. The molecule has 3 fully saturated rings. The van der Waals surface area contributed by atoms with Crippen molar-refractivity contribution in [3.8, 4) is 0 Å². The van der Waals surface area contributed by atoms with E-state index < -0.39 is 0 Å². The van der Waals surface area contributed by atoms with Crippen LogP contribution in [0.5, 0.6) is 0 Å². The lowest BCUT2D eigenvalue weighted by molar-refractivity contribution is -0.0661. The molecule has 3 aliphatic rings. The summed E-state index contributed by atoms with van der Waals surface area (Å²) < 4.78 is 13.0. The van der Waals surface area contributed by atoms with E-state index in [4.69, 9.17) is 0 Å². The topological polar surface area (TPSA) is 52.5 Å². The Hall–Kier alpha value is -1.23. The summed E-state index contributed by atoms with van der Waals surface area (Å²) in [5.74, 6) is 1.66. The van der Waals surface area contributed by atoms with Gasteiger partial charge in [-0.2, -0.15) is 0 Å². The van der Waals surface area contributed by atoms with Gasteiger partial charge in [0.15, 0.2) is 0 Å². The normalized spacial score (nSPS) is 36.9. The maximum Gasteiger partial charge on any atom is 0.127 e. The zero-order valence-corrected chi connectivity index (χ0v) is 20.6. The average molecular weight is 446 g/mol. The van der Waals surface area contributed by atoms with Crippen molar-refractivity contribution in [1.29, 1.82) is 0 Å². The van der Waals surface area contributed by atoms with Crippen molar-refractivity contribution in [2.24, 2.45) is 28.6 Å². The number of aliphatic hydroxyl groups is 2. The second-order valence-corrected chi connectivity index (χ2v) is 11.2. The maximum atomic E-state index is 13.0. The second kappa shape index (κ2) is 10.4. The monoisotopic (exact) mass is 445 g/mol. The summed E-state index contributed by atoms with van der Waals surface area (Å²) in [5.41, 5.74) is 3.77. The van der Waals surface area contributed by atoms with Crippen LogP contribution in [0.1, 0.15) is 76.3 Å². The Bertz CT molecular complexity index is 796. The van der Waals surface area contributed by atoms with Gasteiger partial charge in [-0.1, -0.05) is 38.1 Å². The zero-order valence-electron chi connectivity index (χ0n) is 20.6. The van der Waals surface area contributed by atoms with Gasteiger partial charge < -0.3 is 15.5 Å². The first kappa shape index (κ1) is 25.4. The Morgan fingerprint density at radius 1 is 1.12 bits per heavy atom. The van der Waals surface area contributed by atoms with Crippen molar-refractivity contribution < 1.29 is 14.6 Å². The van der Waals surface area contributed by atoms with Gasteiger partial charge in [0, 0.05) is 18.7 Å². The highest BCUT2D eigenvalue weighted by Gasteiger charge is 2.52. The summed E-state index contributed by atoms with van der Waals surface area (Å²) in [4.78, 5) is 0. The van der Waals surface area contributed by atoms with E-state index in [0.717, 1.165) is 36.3 Å². The third-order valence-corrected chi connectivity index (χ3v) is 9.32. The Morgan fingerprint density at radius 3 is 2.53 bits per heavy atom. The smallest absolute Gasteiger partial charge is 0.127 e. The van der Waals surface area contributed by atoms with Gasteiger partial charge in [-0.05, 0) is 106 Å². The number of aryl methyl sites for hydroxylation is 1. The van der Waals surface area contributed by atoms with E-state index in [-0.39, 0.29) is 29.9 Å². The van der Waals surface area contributed by atoms with Crippen LogP contribution in [0.25, 0.3) is 0 Å². The highest BCUT2D eigenvalue weighted by atomic mass is 19.1. The van der Waals surface area contributed by atoms with Crippen LogP contribution in [-0.2, 0) is 6.54 Å². The van der Waals surface area contributed by atoms with E-state index in [1.807, 2.05) is 13.0 Å². The molecule has 3 nitrogen and oxygen atoms in total. The highest BCUT2D eigenvalue weighted by Crippen LogP contribution is 2.61. The first-order valence-electron chi connectivity index (χ1n) is 12.5. The van der Waals surface area contributed by atoms with Crippen molar-refractivity contribution in [3.63, 3.8) is 0 Å². The van der Waals surface area contributed by atoms with Crippen molar-refractivity contribution in [2.45, 2.75) is 84.8 Å². The Morgan fingerprint density at radius 2 is 1.88 bits per heavy atom. The molecule has 1 aromatic carbocycles. The van der Waals surface area contributed by atoms with Crippen LogP contribution >= 0.6 is 0 Å². The maximum absolute atomic E-state index is 13.0. The molecule has 0 aromatic heterocycles. The van der Waals surface area contributed by atoms with E-state index in [0.29, 0.717) is 17.9 Å². The minimum absolute atomic E-state index is 0.126. The number of aliphatic hydroxyl groups excluding tert-OH is 2. The highest BCUT2D eigenvalue weighted by molar-refractivity contribution is 5.23. The molecule has 32 heavy (non-hydrogen) atoms. The fourth-order valence-electron chi connectivity index (χ4n) is 6.74. The lowest BCUT2D eigenvalue weighted by Crippen LogP contribution is -2.46. The van der Waals surface area contributed by atoms with Crippen LogP contribution in [0.15, 0.2) is 30.4 Å². The molecule has 180 valence electrons. The predicted molar refractivity (Wildman–Crippen MR) is 130 cm³/mol. The Labute approximate surface area is 194 Å². The van der Waals surface area contributed by atoms with Gasteiger partial charge in [-0.3, -0.25) is 0 Å². The molecule has 0 saturated heterocycles. The molecule has 0 amide bonds. The third kappa shape index (κ3) is 5.13. The molecule has 6 atom stereocenters. The van der Waals surface area contributed by atoms with Crippen LogP contribution in [0, 0.1) is 41.3 Å². The second-order valence-electron chi connectivity index (χ2n) is 11.2. The van der Waals surface area contributed by atoms with E-state index in [1.54, 1.807) is 19.2 Å². The molecule has 4 heteroatoms. The molecule has 4 rings (SSSR count). The zero-order chi connectivity index (χ0) is 23.5. The van der Waals surface area contributed by atoms with Crippen LogP contribution in [0.3, 0.4) is 0 Å². The van der Waals surface area contributed by atoms with Gasteiger partial charge in [0.2, 0.25) is 0 Å². The van der Waals surface area contributed by atoms with Crippen LogP contribution in [0.4, 0.5) is 4.39 Å². The lowest BCUT2D eigenvalue weighted by Gasteiger charge is -2.52. The quantitative estimate of drug-likeness (QED) is 0.516.